The standard InChI is InChI=1S/C27H30F4O/c1-2-3-4-17-5-6-22-14-21(12-11-20(22)13-17)18-7-9-19(10-8-18)23-15-24(28)26(25(29)16-23)32-27(30)31/h2,7-10,15-17,20-22,27H,1,3-6,11-14H2. The fourth-order valence-electron chi connectivity index (χ4n) is 5.78. The van der Waals surface area contributed by atoms with Crippen LogP contribution in [0.4, 0.5) is 17.6 Å². The summed E-state index contributed by atoms with van der Waals surface area (Å²) in [5.41, 5.74) is 2.21. The molecule has 5 heteroatoms. The summed E-state index contributed by atoms with van der Waals surface area (Å²) in [7, 11) is 0. The average molecular weight is 447 g/mol. The molecule has 32 heavy (non-hydrogen) atoms. The van der Waals surface area contributed by atoms with E-state index in [1.54, 1.807) is 0 Å². The van der Waals surface area contributed by atoms with Gasteiger partial charge < -0.3 is 4.74 Å². The molecule has 0 aromatic heterocycles. The van der Waals surface area contributed by atoms with Crippen molar-refractivity contribution in [3.05, 3.63) is 66.3 Å². The van der Waals surface area contributed by atoms with E-state index in [2.05, 4.69) is 11.3 Å². The Morgan fingerprint density at radius 3 is 2.22 bits per heavy atom. The van der Waals surface area contributed by atoms with Crippen molar-refractivity contribution in [2.75, 3.05) is 0 Å². The van der Waals surface area contributed by atoms with Gasteiger partial charge in [-0.3, -0.25) is 0 Å². The van der Waals surface area contributed by atoms with Gasteiger partial charge in [-0.2, -0.15) is 8.78 Å². The summed E-state index contributed by atoms with van der Waals surface area (Å²) in [4.78, 5) is 0. The van der Waals surface area contributed by atoms with E-state index in [9.17, 15) is 17.6 Å². The molecule has 0 saturated heterocycles. The van der Waals surface area contributed by atoms with Gasteiger partial charge in [0.05, 0.1) is 0 Å². The minimum absolute atomic E-state index is 0.301. The van der Waals surface area contributed by atoms with Crippen LogP contribution < -0.4 is 4.74 Å². The lowest BCUT2D eigenvalue weighted by Gasteiger charge is -2.42. The third kappa shape index (κ3) is 5.19. The second-order valence-corrected chi connectivity index (χ2v) is 9.34. The largest absolute Gasteiger partial charge is 0.429 e. The van der Waals surface area contributed by atoms with E-state index < -0.39 is 24.0 Å². The summed E-state index contributed by atoms with van der Waals surface area (Å²) in [6.45, 7) is 0.572. The van der Waals surface area contributed by atoms with Gasteiger partial charge in [-0.05, 0) is 97.4 Å². The van der Waals surface area contributed by atoms with Crippen LogP contribution >= 0.6 is 0 Å². The molecular weight excluding hydrogens is 416 g/mol. The molecule has 4 atom stereocenters. The number of halogens is 4. The number of rotatable bonds is 7. The molecule has 4 rings (SSSR count). The zero-order chi connectivity index (χ0) is 22.7. The smallest absolute Gasteiger partial charge is 0.387 e. The molecule has 0 aliphatic heterocycles. The van der Waals surface area contributed by atoms with Crippen LogP contribution in [0.15, 0.2) is 49.1 Å². The van der Waals surface area contributed by atoms with Gasteiger partial charge in [-0.1, -0.05) is 36.8 Å². The third-order valence-corrected chi connectivity index (χ3v) is 7.42. The molecule has 2 fully saturated rings. The Hall–Kier alpha value is -2.30. The summed E-state index contributed by atoms with van der Waals surface area (Å²) >= 11 is 0. The first-order valence-corrected chi connectivity index (χ1v) is 11.6. The van der Waals surface area contributed by atoms with Crippen molar-refractivity contribution in [1.82, 2.24) is 0 Å². The molecule has 0 heterocycles. The SMILES string of the molecule is C=CCCC1CCC2CC(c3ccc(-c4cc(F)c(OC(F)F)c(F)c4)cc3)CCC2C1. The molecule has 0 bridgehead atoms. The molecule has 2 aromatic rings. The second kappa shape index (κ2) is 10.1. The van der Waals surface area contributed by atoms with Crippen molar-refractivity contribution >= 4 is 0 Å². The average Bonchev–Trinajstić information content (AvgIpc) is 2.79. The van der Waals surface area contributed by atoms with E-state index in [0.717, 1.165) is 36.3 Å². The summed E-state index contributed by atoms with van der Waals surface area (Å²) in [5.74, 6) is -0.309. The Morgan fingerprint density at radius 2 is 1.56 bits per heavy atom. The van der Waals surface area contributed by atoms with E-state index in [1.165, 1.54) is 50.5 Å². The number of hydrogen-bond donors (Lipinski definition) is 0. The Kier molecular flexibility index (Phi) is 7.22. The maximum absolute atomic E-state index is 14.1. The summed E-state index contributed by atoms with van der Waals surface area (Å²) in [5, 5.41) is 0. The van der Waals surface area contributed by atoms with Crippen LogP contribution in [0, 0.1) is 29.4 Å². The zero-order valence-electron chi connectivity index (χ0n) is 18.2. The fourth-order valence-corrected chi connectivity index (χ4v) is 5.78. The topological polar surface area (TPSA) is 9.23 Å². The molecule has 2 aromatic carbocycles. The predicted molar refractivity (Wildman–Crippen MR) is 119 cm³/mol. The summed E-state index contributed by atoms with van der Waals surface area (Å²) in [6.07, 6.45) is 12.1. The maximum atomic E-state index is 14.1. The van der Waals surface area contributed by atoms with Crippen molar-refractivity contribution in [2.45, 2.75) is 63.9 Å². The number of allylic oxidation sites excluding steroid dienone is 1. The fraction of sp³-hybridized carbons (Fsp3) is 0.481. The minimum Gasteiger partial charge on any atom is -0.429 e. The number of fused-ring (bicyclic) bond motifs is 1. The molecule has 2 aliphatic rings. The first-order chi connectivity index (χ1) is 15.4. The van der Waals surface area contributed by atoms with Crippen LogP contribution in [0.3, 0.4) is 0 Å². The normalized spacial score (nSPS) is 25.4. The van der Waals surface area contributed by atoms with E-state index in [-0.39, 0.29) is 0 Å². The van der Waals surface area contributed by atoms with Crippen LogP contribution in [0.1, 0.15) is 62.8 Å². The van der Waals surface area contributed by atoms with Crippen molar-refractivity contribution in [3.8, 4) is 16.9 Å². The molecule has 0 N–H and O–H groups in total. The van der Waals surface area contributed by atoms with Gasteiger partial charge in [0.15, 0.2) is 17.4 Å². The molecule has 1 nitrogen and oxygen atoms in total. The molecule has 2 aliphatic carbocycles. The minimum atomic E-state index is -3.28. The number of alkyl halides is 2. The van der Waals surface area contributed by atoms with Crippen molar-refractivity contribution in [2.24, 2.45) is 17.8 Å². The Labute approximate surface area is 187 Å². The number of benzene rings is 2. The van der Waals surface area contributed by atoms with Gasteiger partial charge >= 0.3 is 6.61 Å². The highest BCUT2D eigenvalue weighted by Crippen LogP contribution is 2.48. The van der Waals surface area contributed by atoms with Gasteiger partial charge in [0, 0.05) is 0 Å². The summed E-state index contributed by atoms with van der Waals surface area (Å²) in [6, 6.07) is 9.85. The zero-order valence-corrected chi connectivity index (χ0v) is 18.2. The van der Waals surface area contributed by atoms with Crippen LogP contribution in [0.25, 0.3) is 11.1 Å². The molecule has 2 saturated carbocycles. The van der Waals surface area contributed by atoms with Crippen molar-refractivity contribution in [1.29, 1.82) is 0 Å². The van der Waals surface area contributed by atoms with Gasteiger partial charge in [-0.15, -0.1) is 6.58 Å². The first-order valence-electron chi connectivity index (χ1n) is 11.6. The lowest BCUT2D eigenvalue weighted by Crippen LogP contribution is -2.30. The van der Waals surface area contributed by atoms with Crippen LogP contribution in [0.2, 0.25) is 0 Å². The molecule has 172 valence electrons. The van der Waals surface area contributed by atoms with Gasteiger partial charge in [0.2, 0.25) is 0 Å². The van der Waals surface area contributed by atoms with Crippen molar-refractivity contribution in [3.63, 3.8) is 0 Å². The van der Waals surface area contributed by atoms with Crippen molar-refractivity contribution < 1.29 is 22.3 Å². The Morgan fingerprint density at radius 1 is 0.906 bits per heavy atom. The third-order valence-electron chi connectivity index (χ3n) is 7.42. The van der Waals surface area contributed by atoms with E-state index >= 15 is 0 Å². The van der Waals surface area contributed by atoms with E-state index in [1.807, 2.05) is 30.3 Å². The highest BCUT2D eigenvalue weighted by atomic mass is 19.3. The van der Waals surface area contributed by atoms with Crippen LogP contribution in [0.5, 0.6) is 5.75 Å². The Balaban J connectivity index is 1.41. The van der Waals surface area contributed by atoms with E-state index in [0.29, 0.717) is 17.0 Å². The second-order valence-electron chi connectivity index (χ2n) is 9.34. The lowest BCUT2D eigenvalue weighted by atomic mass is 9.63. The maximum Gasteiger partial charge on any atom is 0.387 e. The molecule has 0 amide bonds. The first kappa shape index (κ1) is 22.9. The molecule has 0 spiro atoms. The van der Waals surface area contributed by atoms with Gasteiger partial charge in [0.25, 0.3) is 0 Å². The van der Waals surface area contributed by atoms with Crippen LogP contribution in [-0.4, -0.2) is 6.61 Å². The molecular formula is C27H30F4O. The highest BCUT2D eigenvalue weighted by molar-refractivity contribution is 5.65. The predicted octanol–water partition coefficient (Wildman–Crippen LogP) is 8.50. The highest BCUT2D eigenvalue weighted by Gasteiger charge is 2.35. The monoisotopic (exact) mass is 446 g/mol. The van der Waals surface area contributed by atoms with Gasteiger partial charge in [0.1, 0.15) is 0 Å². The van der Waals surface area contributed by atoms with Gasteiger partial charge in [-0.25, -0.2) is 8.78 Å². The number of ether oxygens (including phenoxy) is 1. The Bertz CT molecular complexity index is 901. The van der Waals surface area contributed by atoms with Crippen LogP contribution in [-0.2, 0) is 0 Å². The molecule has 0 radical (unpaired) electrons. The quantitative estimate of drug-likeness (QED) is 0.306. The number of hydrogen-bond acceptors (Lipinski definition) is 1. The van der Waals surface area contributed by atoms with E-state index in [4.69, 9.17) is 0 Å². The molecule has 4 unspecified atom stereocenters. The summed E-state index contributed by atoms with van der Waals surface area (Å²) < 4.78 is 56.8. The lowest BCUT2D eigenvalue weighted by molar-refractivity contribution is -0.0546.